The predicted octanol–water partition coefficient (Wildman–Crippen LogP) is 5.51. The number of carbonyl (C=O) groups excluding carboxylic acids is 2. The fourth-order valence-corrected chi connectivity index (χ4v) is 3.91. The molecule has 0 spiro atoms. The average molecular weight is 447 g/mol. The summed E-state index contributed by atoms with van der Waals surface area (Å²) in [6.07, 6.45) is 0. The molecule has 0 unspecified atom stereocenters. The van der Waals surface area contributed by atoms with Crippen molar-refractivity contribution in [3.05, 3.63) is 47.5 Å². The highest BCUT2D eigenvalue weighted by Crippen LogP contribution is 2.52. The van der Waals surface area contributed by atoms with E-state index in [0.717, 1.165) is 9.79 Å². The molecule has 0 saturated carbocycles. The fourth-order valence-electron chi connectivity index (χ4n) is 2.92. The van der Waals surface area contributed by atoms with E-state index in [1.54, 1.807) is 6.07 Å². The Balaban J connectivity index is 2.25. The van der Waals surface area contributed by atoms with Crippen molar-refractivity contribution in [2.75, 3.05) is 14.2 Å². The van der Waals surface area contributed by atoms with Gasteiger partial charge in [0.25, 0.3) is 0 Å². The van der Waals surface area contributed by atoms with E-state index in [9.17, 15) is 9.59 Å². The number of methoxy groups -OCH3 is 2. The van der Waals surface area contributed by atoms with Crippen molar-refractivity contribution in [1.82, 2.24) is 0 Å². The first-order chi connectivity index (χ1) is 14.3. The Labute approximate surface area is 183 Å². The SMILES string of the molecule is COc1c(OC)c(OC(C)=O)c2cc(Sc3ccc(Cl)cc3)ccc2c1OC(C)=O. The molecule has 0 amide bonds. The lowest BCUT2D eigenvalue weighted by Crippen LogP contribution is -2.08. The van der Waals surface area contributed by atoms with Crippen LogP contribution in [0, 0.1) is 0 Å². The molecule has 0 heterocycles. The Morgan fingerprint density at radius 3 is 1.73 bits per heavy atom. The van der Waals surface area contributed by atoms with Crippen molar-refractivity contribution >= 4 is 46.1 Å². The largest absolute Gasteiger partial charge is 0.490 e. The second-order valence-corrected chi connectivity index (χ2v) is 7.76. The molecule has 8 heteroatoms. The average Bonchev–Trinajstić information content (AvgIpc) is 2.70. The monoisotopic (exact) mass is 446 g/mol. The summed E-state index contributed by atoms with van der Waals surface area (Å²) >= 11 is 7.46. The second-order valence-electron chi connectivity index (χ2n) is 6.18. The molecule has 0 radical (unpaired) electrons. The van der Waals surface area contributed by atoms with Crippen LogP contribution in [0.2, 0.25) is 5.02 Å². The molecule has 3 aromatic carbocycles. The van der Waals surface area contributed by atoms with Crippen LogP contribution < -0.4 is 18.9 Å². The number of esters is 2. The van der Waals surface area contributed by atoms with E-state index in [2.05, 4.69) is 0 Å². The zero-order chi connectivity index (χ0) is 21.8. The lowest BCUT2D eigenvalue weighted by molar-refractivity contribution is -0.133. The van der Waals surface area contributed by atoms with Gasteiger partial charge < -0.3 is 18.9 Å². The van der Waals surface area contributed by atoms with Gasteiger partial charge in [-0.3, -0.25) is 9.59 Å². The van der Waals surface area contributed by atoms with E-state index in [1.807, 2.05) is 36.4 Å². The first kappa shape index (κ1) is 21.8. The van der Waals surface area contributed by atoms with Crippen LogP contribution in [0.1, 0.15) is 13.8 Å². The van der Waals surface area contributed by atoms with E-state index in [0.29, 0.717) is 15.8 Å². The molecular formula is C22H19ClO6S. The number of rotatable bonds is 6. The molecule has 0 aromatic heterocycles. The number of fused-ring (bicyclic) bond motifs is 1. The summed E-state index contributed by atoms with van der Waals surface area (Å²) in [5.41, 5.74) is 0. The zero-order valence-electron chi connectivity index (χ0n) is 16.8. The molecule has 6 nitrogen and oxygen atoms in total. The normalized spacial score (nSPS) is 10.6. The van der Waals surface area contributed by atoms with E-state index in [-0.39, 0.29) is 23.0 Å². The molecule has 0 N–H and O–H groups in total. The van der Waals surface area contributed by atoms with Gasteiger partial charge in [-0.05, 0) is 42.5 Å². The minimum Gasteiger partial charge on any atom is -0.490 e. The van der Waals surface area contributed by atoms with Gasteiger partial charge in [-0.15, -0.1) is 0 Å². The fraction of sp³-hybridized carbons (Fsp3) is 0.182. The Hall–Kier alpha value is -2.90. The number of benzene rings is 3. The van der Waals surface area contributed by atoms with Gasteiger partial charge in [-0.1, -0.05) is 23.4 Å². The maximum atomic E-state index is 11.8. The molecule has 0 aliphatic heterocycles. The molecule has 0 saturated heterocycles. The van der Waals surface area contributed by atoms with Crippen LogP contribution >= 0.6 is 23.4 Å². The molecule has 0 fully saturated rings. The van der Waals surface area contributed by atoms with Gasteiger partial charge in [-0.25, -0.2) is 0 Å². The molecule has 0 aliphatic rings. The summed E-state index contributed by atoms with van der Waals surface area (Å²) in [4.78, 5) is 25.3. The Kier molecular flexibility index (Phi) is 6.74. The van der Waals surface area contributed by atoms with Crippen molar-refractivity contribution < 1.29 is 28.5 Å². The van der Waals surface area contributed by atoms with Crippen molar-refractivity contribution in [2.45, 2.75) is 23.6 Å². The highest BCUT2D eigenvalue weighted by molar-refractivity contribution is 7.99. The second kappa shape index (κ2) is 9.28. The van der Waals surface area contributed by atoms with Gasteiger partial charge in [-0.2, -0.15) is 0 Å². The summed E-state index contributed by atoms with van der Waals surface area (Å²) in [7, 11) is 2.83. The molecule has 156 valence electrons. The molecular weight excluding hydrogens is 428 g/mol. The van der Waals surface area contributed by atoms with Crippen LogP contribution in [-0.4, -0.2) is 26.2 Å². The lowest BCUT2D eigenvalue weighted by atomic mass is 10.1. The highest BCUT2D eigenvalue weighted by atomic mass is 35.5. The molecule has 3 aromatic rings. The summed E-state index contributed by atoms with van der Waals surface area (Å²) < 4.78 is 21.8. The summed E-state index contributed by atoms with van der Waals surface area (Å²) in [6.45, 7) is 2.59. The summed E-state index contributed by atoms with van der Waals surface area (Å²) in [5.74, 6) is -0.342. The molecule has 30 heavy (non-hydrogen) atoms. The number of carbonyl (C=O) groups is 2. The third-order valence-electron chi connectivity index (χ3n) is 4.05. The van der Waals surface area contributed by atoms with Gasteiger partial charge >= 0.3 is 11.9 Å². The molecule has 3 rings (SSSR count). The molecule has 0 bridgehead atoms. The Morgan fingerprint density at radius 2 is 1.23 bits per heavy atom. The number of hydrogen-bond acceptors (Lipinski definition) is 7. The number of ether oxygens (including phenoxy) is 4. The smallest absolute Gasteiger partial charge is 0.308 e. The number of halogens is 1. The Morgan fingerprint density at radius 1 is 0.733 bits per heavy atom. The van der Waals surface area contributed by atoms with Crippen LogP contribution in [0.25, 0.3) is 10.8 Å². The van der Waals surface area contributed by atoms with Crippen LogP contribution in [0.3, 0.4) is 0 Å². The standard InChI is InChI=1S/C22H19ClO6S/c1-12(24)28-19-17-10-9-16(30-15-7-5-14(23)6-8-15)11-18(17)20(29-13(2)25)22(27-4)21(19)26-3/h5-11H,1-4H3. The predicted molar refractivity (Wildman–Crippen MR) is 115 cm³/mol. The van der Waals surface area contributed by atoms with Crippen LogP contribution in [0.5, 0.6) is 23.0 Å². The van der Waals surface area contributed by atoms with E-state index in [1.165, 1.54) is 39.8 Å². The lowest BCUT2D eigenvalue weighted by Gasteiger charge is -2.19. The van der Waals surface area contributed by atoms with E-state index < -0.39 is 11.9 Å². The van der Waals surface area contributed by atoms with Gasteiger partial charge in [0.2, 0.25) is 11.5 Å². The minimum absolute atomic E-state index is 0.157. The van der Waals surface area contributed by atoms with Crippen molar-refractivity contribution in [3.8, 4) is 23.0 Å². The first-order valence-corrected chi connectivity index (χ1v) is 10.1. The van der Waals surface area contributed by atoms with Crippen molar-refractivity contribution in [3.63, 3.8) is 0 Å². The number of hydrogen-bond donors (Lipinski definition) is 0. The van der Waals surface area contributed by atoms with Crippen LogP contribution in [-0.2, 0) is 9.59 Å². The summed E-state index contributed by atoms with van der Waals surface area (Å²) in [6, 6.07) is 12.9. The Bertz CT molecular complexity index is 1110. The summed E-state index contributed by atoms with van der Waals surface area (Å²) in [5, 5.41) is 1.73. The molecule has 0 atom stereocenters. The third-order valence-corrected chi connectivity index (χ3v) is 5.30. The van der Waals surface area contributed by atoms with Gasteiger partial charge in [0.05, 0.1) is 14.2 Å². The maximum Gasteiger partial charge on any atom is 0.308 e. The van der Waals surface area contributed by atoms with Gasteiger partial charge in [0, 0.05) is 39.4 Å². The highest BCUT2D eigenvalue weighted by Gasteiger charge is 2.26. The zero-order valence-corrected chi connectivity index (χ0v) is 18.3. The van der Waals surface area contributed by atoms with Gasteiger partial charge in [0.1, 0.15) is 0 Å². The van der Waals surface area contributed by atoms with Crippen molar-refractivity contribution in [2.24, 2.45) is 0 Å². The van der Waals surface area contributed by atoms with Crippen LogP contribution in [0.4, 0.5) is 0 Å². The minimum atomic E-state index is -0.521. The van der Waals surface area contributed by atoms with Crippen LogP contribution in [0.15, 0.2) is 52.3 Å². The van der Waals surface area contributed by atoms with Crippen molar-refractivity contribution in [1.29, 1.82) is 0 Å². The first-order valence-electron chi connectivity index (χ1n) is 8.86. The quantitative estimate of drug-likeness (QED) is 0.365. The van der Waals surface area contributed by atoms with E-state index >= 15 is 0 Å². The third kappa shape index (κ3) is 4.63. The topological polar surface area (TPSA) is 71.1 Å². The maximum absolute atomic E-state index is 11.8. The van der Waals surface area contributed by atoms with Gasteiger partial charge in [0.15, 0.2) is 11.5 Å². The van der Waals surface area contributed by atoms with E-state index in [4.69, 9.17) is 30.5 Å². The molecule has 0 aliphatic carbocycles.